The van der Waals surface area contributed by atoms with Gasteiger partial charge in [-0.3, -0.25) is 4.99 Å². The highest BCUT2D eigenvalue weighted by molar-refractivity contribution is 14.0. The molecule has 0 saturated heterocycles. The van der Waals surface area contributed by atoms with Crippen molar-refractivity contribution in [1.29, 1.82) is 0 Å². The van der Waals surface area contributed by atoms with Crippen LogP contribution in [0.1, 0.15) is 45.4 Å². The van der Waals surface area contributed by atoms with E-state index < -0.39 is 0 Å². The molecule has 20 heavy (non-hydrogen) atoms. The van der Waals surface area contributed by atoms with Crippen molar-refractivity contribution in [2.75, 3.05) is 32.9 Å². The summed E-state index contributed by atoms with van der Waals surface area (Å²) >= 11 is 0. The van der Waals surface area contributed by atoms with Crippen molar-refractivity contribution in [3.05, 3.63) is 0 Å². The Hall–Kier alpha value is -0.0800. The SMILES string of the molecule is CCOCCCN=C(N)NCCCOC1CCCC1.I. The minimum atomic E-state index is 0. The molecule has 0 aromatic carbocycles. The summed E-state index contributed by atoms with van der Waals surface area (Å²) < 4.78 is 11.0. The van der Waals surface area contributed by atoms with Crippen molar-refractivity contribution in [2.45, 2.75) is 51.6 Å². The van der Waals surface area contributed by atoms with Crippen LogP contribution in [0.2, 0.25) is 0 Å². The van der Waals surface area contributed by atoms with Crippen molar-refractivity contribution >= 4 is 29.9 Å². The Morgan fingerprint density at radius 3 is 2.70 bits per heavy atom. The lowest BCUT2D eigenvalue weighted by atomic mass is 10.3. The van der Waals surface area contributed by atoms with Gasteiger partial charge in [-0.1, -0.05) is 12.8 Å². The van der Waals surface area contributed by atoms with Crippen molar-refractivity contribution < 1.29 is 9.47 Å². The number of guanidine groups is 1. The molecule has 0 aromatic heterocycles. The molecule has 1 aliphatic carbocycles. The van der Waals surface area contributed by atoms with Gasteiger partial charge in [-0.25, -0.2) is 0 Å². The molecular formula is C14H30IN3O2. The Labute approximate surface area is 140 Å². The normalized spacial score (nSPS) is 16.1. The molecule has 0 heterocycles. The molecule has 1 fully saturated rings. The van der Waals surface area contributed by atoms with E-state index >= 15 is 0 Å². The Morgan fingerprint density at radius 1 is 1.25 bits per heavy atom. The second kappa shape index (κ2) is 13.9. The smallest absolute Gasteiger partial charge is 0.188 e. The van der Waals surface area contributed by atoms with E-state index in [-0.39, 0.29) is 24.0 Å². The fourth-order valence-corrected chi connectivity index (χ4v) is 2.16. The summed E-state index contributed by atoms with van der Waals surface area (Å²) in [7, 11) is 0. The lowest BCUT2D eigenvalue weighted by Crippen LogP contribution is -2.33. The van der Waals surface area contributed by atoms with Gasteiger partial charge in [-0.05, 0) is 32.6 Å². The number of hydrogen-bond acceptors (Lipinski definition) is 3. The van der Waals surface area contributed by atoms with Gasteiger partial charge in [0.2, 0.25) is 0 Å². The summed E-state index contributed by atoms with van der Waals surface area (Å²) in [6.07, 6.45) is 7.51. The third-order valence-electron chi connectivity index (χ3n) is 3.22. The van der Waals surface area contributed by atoms with Crippen LogP contribution in [0.15, 0.2) is 4.99 Å². The van der Waals surface area contributed by atoms with Crippen LogP contribution in [0.3, 0.4) is 0 Å². The molecule has 1 aliphatic rings. The molecule has 0 aliphatic heterocycles. The molecule has 0 radical (unpaired) electrons. The fourth-order valence-electron chi connectivity index (χ4n) is 2.16. The van der Waals surface area contributed by atoms with Crippen molar-refractivity contribution in [2.24, 2.45) is 10.7 Å². The second-order valence-corrected chi connectivity index (χ2v) is 4.88. The highest BCUT2D eigenvalue weighted by Crippen LogP contribution is 2.20. The van der Waals surface area contributed by atoms with Crippen LogP contribution in [0.5, 0.6) is 0 Å². The first-order valence-electron chi connectivity index (χ1n) is 7.56. The van der Waals surface area contributed by atoms with Crippen molar-refractivity contribution in [3.63, 3.8) is 0 Å². The summed E-state index contributed by atoms with van der Waals surface area (Å²) in [5, 5.41) is 3.11. The van der Waals surface area contributed by atoms with Gasteiger partial charge in [0.25, 0.3) is 0 Å². The van der Waals surface area contributed by atoms with Gasteiger partial charge in [0, 0.05) is 32.9 Å². The van der Waals surface area contributed by atoms with E-state index in [1.165, 1.54) is 25.7 Å². The van der Waals surface area contributed by atoms with Gasteiger partial charge in [0.1, 0.15) is 0 Å². The maximum atomic E-state index is 5.77. The molecule has 0 atom stereocenters. The number of nitrogens with two attached hydrogens (primary N) is 1. The number of halogens is 1. The van der Waals surface area contributed by atoms with Crippen LogP contribution >= 0.6 is 24.0 Å². The Balaban J connectivity index is 0.00000361. The largest absolute Gasteiger partial charge is 0.382 e. The molecule has 120 valence electrons. The number of nitrogens with one attached hydrogen (secondary N) is 1. The molecule has 0 amide bonds. The van der Waals surface area contributed by atoms with Crippen LogP contribution in [0, 0.1) is 0 Å². The van der Waals surface area contributed by atoms with Crippen molar-refractivity contribution in [1.82, 2.24) is 5.32 Å². The van der Waals surface area contributed by atoms with Gasteiger partial charge in [-0.2, -0.15) is 0 Å². The number of hydrogen-bond donors (Lipinski definition) is 2. The average molecular weight is 399 g/mol. The van der Waals surface area contributed by atoms with Crippen LogP contribution in [0.4, 0.5) is 0 Å². The fraction of sp³-hybridized carbons (Fsp3) is 0.929. The molecule has 0 unspecified atom stereocenters. The van der Waals surface area contributed by atoms with Crippen LogP contribution in [-0.4, -0.2) is 45.0 Å². The first-order chi connectivity index (χ1) is 9.33. The summed E-state index contributed by atoms with van der Waals surface area (Å²) in [6.45, 7) is 5.87. The number of rotatable bonds is 10. The van der Waals surface area contributed by atoms with E-state index in [1.807, 2.05) is 6.92 Å². The lowest BCUT2D eigenvalue weighted by Gasteiger charge is -2.11. The van der Waals surface area contributed by atoms with E-state index in [2.05, 4.69) is 10.3 Å². The molecule has 0 spiro atoms. The minimum Gasteiger partial charge on any atom is -0.382 e. The Morgan fingerprint density at radius 2 is 2.00 bits per heavy atom. The molecule has 5 nitrogen and oxygen atoms in total. The predicted octanol–water partition coefficient (Wildman–Crippen LogP) is 2.28. The standard InChI is InChI=1S/C14H29N3O2.HI/c1-2-18-11-5-9-16-14(15)17-10-6-12-19-13-7-3-4-8-13;/h13H,2-12H2,1H3,(H3,15,16,17);1H. The van der Waals surface area contributed by atoms with Crippen LogP contribution in [-0.2, 0) is 9.47 Å². The van der Waals surface area contributed by atoms with Crippen molar-refractivity contribution in [3.8, 4) is 0 Å². The first-order valence-corrected chi connectivity index (χ1v) is 7.56. The van der Waals surface area contributed by atoms with Gasteiger partial charge in [0.05, 0.1) is 6.10 Å². The lowest BCUT2D eigenvalue weighted by molar-refractivity contribution is 0.0574. The quantitative estimate of drug-likeness (QED) is 0.256. The molecule has 0 bridgehead atoms. The third kappa shape index (κ3) is 10.7. The topological polar surface area (TPSA) is 68.9 Å². The van der Waals surface area contributed by atoms with E-state index in [1.54, 1.807) is 0 Å². The number of ether oxygens (including phenoxy) is 2. The molecule has 3 N–H and O–H groups in total. The Bertz CT molecular complexity index is 247. The molecular weight excluding hydrogens is 369 g/mol. The van der Waals surface area contributed by atoms with Gasteiger partial charge in [-0.15, -0.1) is 24.0 Å². The summed E-state index contributed by atoms with van der Waals surface area (Å²) in [6, 6.07) is 0. The van der Waals surface area contributed by atoms with Gasteiger partial charge < -0.3 is 20.5 Å². The van der Waals surface area contributed by atoms with E-state index in [4.69, 9.17) is 15.2 Å². The molecule has 1 rings (SSSR count). The maximum Gasteiger partial charge on any atom is 0.188 e. The zero-order valence-corrected chi connectivity index (χ0v) is 14.9. The maximum absolute atomic E-state index is 5.77. The van der Waals surface area contributed by atoms with E-state index in [0.717, 1.165) is 45.8 Å². The third-order valence-corrected chi connectivity index (χ3v) is 3.22. The van der Waals surface area contributed by atoms with Crippen LogP contribution in [0.25, 0.3) is 0 Å². The van der Waals surface area contributed by atoms with E-state index in [0.29, 0.717) is 12.1 Å². The van der Waals surface area contributed by atoms with E-state index in [9.17, 15) is 0 Å². The summed E-state index contributed by atoms with van der Waals surface area (Å²) in [5.41, 5.74) is 5.75. The monoisotopic (exact) mass is 399 g/mol. The Kier molecular flexibility index (Phi) is 13.8. The molecule has 0 aromatic rings. The first kappa shape index (κ1) is 19.9. The average Bonchev–Trinajstić information content (AvgIpc) is 2.91. The summed E-state index contributed by atoms with van der Waals surface area (Å²) in [4.78, 5) is 4.23. The number of aliphatic imine (C=N–C) groups is 1. The highest BCUT2D eigenvalue weighted by atomic mass is 127. The van der Waals surface area contributed by atoms with Gasteiger partial charge >= 0.3 is 0 Å². The molecule has 1 saturated carbocycles. The highest BCUT2D eigenvalue weighted by Gasteiger charge is 2.14. The predicted molar refractivity (Wildman–Crippen MR) is 93.8 cm³/mol. The van der Waals surface area contributed by atoms with Crippen LogP contribution < -0.4 is 11.1 Å². The molecule has 6 heteroatoms. The second-order valence-electron chi connectivity index (χ2n) is 4.88. The number of nitrogens with zero attached hydrogens (tertiary/aromatic N) is 1. The summed E-state index contributed by atoms with van der Waals surface area (Å²) in [5.74, 6) is 0.525. The zero-order valence-electron chi connectivity index (χ0n) is 12.6. The minimum absolute atomic E-state index is 0. The van der Waals surface area contributed by atoms with Gasteiger partial charge in [0.15, 0.2) is 5.96 Å². The zero-order chi connectivity index (χ0) is 13.8.